The van der Waals surface area contributed by atoms with Crippen molar-refractivity contribution in [1.29, 1.82) is 0 Å². The highest BCUT2D eigenvalue weighted by molar-refractivity contribution is 6.30. The van der Waals surface area contributed by atoms with Gasteiger partial charge in [-0.3, -0.25) is 4.98 Å². The van der Waals surface area contributed by atoms with E-state index in [0.717, 1.165) is 17.5 Å². The van der Waals surface area contributed by atoms with Gasteiger partial charge in [0.25, 0.3) is 0 Å². The lowest BCUT2D eigenvalue weighted by molar-refractivity contribution is 0.456. The van der Waals surface area contributed by atoms with Gasteiger partial charge in [0.05, 0.1) is 11.2 Å². The van der Waals surface area contributed by atoms with Crippen LogP contribution in [0.2, 0.25) is 5.02 Å². The van der Waals surface area contributed by atoms with Crippen molar-refractivity contribution < 1.29 is 4.74 Å². The molecule has 0 radical (unpaired) electrons. The number of aryl methyl sites for hydroxylation is 1. The maximum absolute atomic E-state index is 5.86. The summed E-state index contributed by atoms with van der Waals surface area (Å²) in [5.41, 5.74) is 7.83. The summed E-state index contributed by atoms with van der Waals surface area (Å²) in [5, 5.41) is 0.531. The maximum atomic E-state index is 5.86. The average molecular weight is 278 g/mol. The summed E-state index contributed by atoms with van der Waals surface area (Å²) in [6, 6.07) is 3.85. The summed E-state index contributed by atoms with van der Waals surface area (Å²) in [7, 11) is 0. The fourth-order valence-electron chi connectivity index (χ4n) is 1.77. The van der Waals surface area contributed by atoms with E-state index < -0.39 is 0 Å². The van der Waals surface area contributed by atoms with Gasteiger partial charge in [-0.05, 0) is 31.9 Å². The van der Waals surface area contributed by atoms with E-state index >= 15 is 0 Å². The Hall–Kier alpha value is -1.65. The third kappa shape index (κ3) is 3.91. The normalized spacial score (nSPS) is 12.2. The van der Waals surface area contributed by atoms with Crippen LogP contribution in [0.4, 0.5) is 0 Å². The van der Waals surface area contributed by atoms with Crippen LogP contribution >= 0.6 is 11.6 Å². The molecule has 4 nitrogen and oxygen atoms in total. The standard InChI is InChI=1S/C14H16ClN3O/c1-9-3-11(4-10(2)16)6-18-14(9)19-13-5-12(15)7-17-8-13/h3,5-8,10H,4,16H2,1-2H3. The summed E-state index contributed by atoms with van der Waals surface area (Å²) in [6.07, 6.45) is 5.74. The molecule has 0 aliphatic heterocycles. The Balaban J connectivity index is 2.17. The van der Waals surface area contributed by atoms with Gasteiger partial charge in [-0.2, -0.15) is 0 Å². The van der Waals surface area contributed by atoms with Crippen LogP contribution < -0.4 is 10.5 Å². The van der Waals surface area contributed by atoms with Crippen LogP contribution in [0.25, 0.3) is 0 Å². The lowest BCUT2D eigenvalue weighted by Gasteiger charge is -2.10. The van der Waals surface area contributed by atoms with Gasteiger partial charge in [-0.25, -0.2) is 4.98 Å². The number of ether oxygens (including phenoxy) is 1. The summed E-state index contributed by atoms with van der Waals surface area (Å²) in [5.74, 6) is 1.13. The highest BCUT2D eigenvalue weighted by atomic mass is 35.5. The first-order valence-electron chi connectivity index (χ1n) is 6.04. The Kier molecular flexibility index (Phi) is 4.35. The zero-order valence-electron chi connectivity index (χ0n) is 10.9. The van der Waals surface area contributed by atoms with Crippen LogP contribution in [0.15, 0.2) is 30.7 Å². The van der Waals surface area contributed by atoms with Crippen molar-refractivity contribution in [3.63, 3.8) is 0 Å². The summed E-state index contributed by atoms with van der Waals surface area (Å²) in [4.78, 5) is 8.27. The molecule has 1 atom stereocenters. The van der Waals surface area contributed by atoms with Gasteiger partial charge < -0.3 is 10.5 Å². The van der Waals surface area contributed by atoms with Gasteiger partial charge in [0, 0.05) is 30.1 Å². The minimum absolute atomic E-state index is 0.116. The van der Waals surface area contributed by atoms with Crippen LogP contribution in [0.1, 0.15) is 18.1 Å². The number of aromatic nitrogens is 2. The molecule has 0 spiro atoms. The molecule has 0 aliphatic rings. The predicted molar refractivity (Wildman–Crippen MR) is 75.6 cm³/mol. The van der Waals surface area contributed by atoms with Crippen molar-refractivity contribution in [2.24, 2.45) is 5.73 Å². The molecule has 2 N–H and O–H groups in total. The number of nitrogens with zero attached hydrogens (tertiary/aromatic N) is 2. The van der Waals surface area contributed by atoms with Crippen LogP contribution in [-0.4, -0.2) is 16.0 Å². The molecule has 2 aromatic rings. The first-order chi connectivity index (χ1) is 9.04. The summed E-state index contributed by atoms with van der Waals surface area (Å²) < 4.78 is 5.66. The van der Waals surface area contributed by atoms with Crippen LogP contribution in [-0.2, 0) is 6.42 Å². The highest BCUT2D eigenvalue weighted by Crippen LogP contribution is 2.24. The van der Waals surface area contributed by atoms with Gasteiger partial charge in [0.15, 0.2) is 0 Å². The number of hydrogen-bond acceptors (Lipinski definition) is 4. The lowest BCUT2D eigenvalue weighted by atomic mass is 10.1. The molecule has 0 saturated carbocycles. The zero-order chi connectivity index (χ0) is 13.8. The molecule has 19 heavy (non-hydrogen) atoms. The van der Waals surface area contributed by atoms with E-state index in [0.29, 0.717) is 16.7 Å². The third-order valence-corrected chi connectivity index (χ3v) is 2.75. The van der Waals surface area contributed by atoms with E-state index in [1.165, 1.54) is 0 Å². The van der Waals surface area contributed by atoms with Crippen molar-refractivity contribution in [3.8, 4) is 11.6 Å². The Morgan fingerprint density at radius 1 is 1.32 bits per heavy atom. The summed E-state index contributed by atoms with van der Waals surface area (Å²) >= 11 is 5.86. The van der Waals surface area contributed by atoms with Gasteiger partial charge >= 0.3 is 0 Å². The molecule has 0 amide bonds. The van der Waals surface area contributed by atoms with E-state index in [1.54, 1.807) is 24.7 Å². The molecule has 0 fully saturated rings. The number of nitrogens with two attached hydrogens (primary N) is 1. The van der Waals surface area contributed by atoms with Crippen LogP contribution in [0, 0.1) is 6.92 Å². The fourth-order valence-corrected chi connectivity index (χ4v) is 1.93. The minimum Gasteiger partial charge on any atom is -0.437 e. The second-order valence-electron chi connectivity index (χ2n) is 4.59. The molecule has 5 heteroatoms. The van der Waals surface area contributed by atoms with E-state index in [4.69, 9.17) is 22.1 Å². The number of pyridine rings is 2. The molecule has 0 aromatic carbocycles. The second kappa shape index (κ2) is 5.99. The Morgan fingerprint density at radius 2 is 2.11 bits per heavy atom. The van der Waals surface area contributed by atoms with Gasteiger partial charge in [-0.1, -0.05) is 11.6 Å². The predicted octanol–water partition coefficient (Wildman–Crippen LogP) is 3.12. The van der Waals surface area contributed by atoms with Gasteiger partial charge in [-0.15, -0.1) is 0 Å². The molecule has 2 rings (SSSR count). The summed E-state index contributed by atoms with van der Waals surface area (Å²) in [6.45, 7) is 3.92. The highest BCUT2D eigenvalue weighted by Gasteiger charge is 2.06. The molecule has 0 aliphatic carbocycles. The maximum Gasteiger partial charge on any atom is 0.222 e. The van der Waals surface area contributed by atoms with Crippen molar-refractivity contribution >= 4 is 11.6 Å². The van der Waals surface area contributed by atoms with E-state index in [1.807, 2.05) is 19.9 Å². The van der Waals surface area contributed by atoms with E-state index in [-0.39, 0.29) is 6.04 Å². The largest absolute Gasteiger partial charge is 0.437 e. The number of hydrogen-bond donors (Lipinski definition) is 1. The quantitative estimate of drug-likeness (QED) is 0.933. The van der Waals surface area contributed by atoms with Crippen molar-refractivity contribution in [2.75, 3.05) is 0 Å². The van der Waals surface area contributed by atoms with E-state index in [2.05, 4.69) is 9.97 Å². The molecule has 2 heterocycles. The zero-order valence-corrected chi connectivity index (χ0v) is 11.7. The topological polar surface area (TPSA) is 61.0 Å². The molecular formula is C14H16ClN3O. The fraction of sp³-hybridized carbons (Fsp3) is 0.286. The molecule has 2 aromatic heterocycles. The number of halogens is 1. The molecule has 0 saturated heterocycles. The SMILES string of the molecule is Cc1cc(CC(C)N)cnc1Oc1cncc(Cl)c1. The van der Waals surface area contributed by atoms with Crippen molar-refractivity contribution in [1.82, 2.24) is 9.97 Å². The monoisotopic (exact) mass is 277 g/mol. The molecule has 0 bridgehead atoms. The van der Waals surface area contributed by atoms with E-state index in [9.17, 15) is 0 Å². The second-order valence-corrected chi connectivity index (χ2v) is 5.02. The third-order valence-electron chi connectivity index (χ3n) is 2.54. The van der Waals surface area contributed by atoms with Crippen molar-refractivity contribution in [3.05, 3.63) is 46.9 Å². The molecular weight excluding hydrogens is 262 g/mol. The van der Waals surface area contributed by atoms with Gasteiger partial charge in [0.1, 0.15) is 5.75 Å². The van der Waals surface area contributed by atoms with Gasteiger partial charge in [0.2, 0.25) is 5.88 Å². The lowest BCUT2D eigenvalue weighted by Crippen LogP contribution is -2.17. The smallest absolute Gasteiger partial charge is 0.222 e. The van der Waals surface area contributed by atoms with Crippen molar-refractivity contribution in [2.45, 2.75) is 26.3 Å². The van der Waals surface area contributed by atoms with Crippen LogP contribution in [0.5, 0.6) is 11.6 Å². The Bertz CT molecular complexity index is 572. The Morgan fingerprint density at radius 3 is 2.74 bits per heavy atom. The Labute approximate surface area is 117 Å². The molecule has 1 unspecified atom stereocenters. The molecule has 100 valence electrons. The first kappa shape index (κ1) is 13.8. The number of rotatable bonds is 4. The minimum atomic E-state index is 0.116. The van der Waals surface area contributed by atoms with Crippen LogP contribution in [0.3, 0.4) is 0 Å². The first-order valence-corrected chi connectivity index (χ1v) is 6.42. The average Bonchev–Trinajstić information content (AvgIpc) is 2.32.